The molecule has 1 amide bonds. The van der Waals surface area contributed by atoms with Crippen molar-refractivity contribution < 1.29 is 22.7 Å². The van der Waals surface area contributed by atoms with Crippen LogP contribution in [0.25, 0.3) is 11.2 Å². The molecule has 2 fully saturated rings. The number of hydrogen-bond acceptors (Lipinski definition) is 7. The molecule has 12 heteroatoms. The number of imidazole rings is 1. The van der Waals surface area contributed by atoms with Gasteiger partial charge in [-0.1, -0.05) is 0 Å². The van der Waals surface area contributed by atoms with Crippen LogP contribution < -0.4 is 16.4 Å². The van der Waals surface area contributed by atoms with Gasteiger partial charge in [0.05, 0.1) is 18.8 Å². The molecular weight excluding hydrogens is 451 g/mol. The lowest BCUT2D eigenvalue weighted by atomic mass is 9.86. The second-order valence-corrected chi connectivity index (χ2v) is 8.69. The summed E-state index contributed by atoms with van der Waals surface area (Å²) in [5, 5.41) is 5.97. The van der Waals surface area contributed by atoms with E-state index >= 15 is 0 Å². The number of carbonyl (C=O) groups is 1. The van der Waals surface area contributed by atoms with E-state index in [9.17, 15) is 18.0 Å². The van der Waals surface area contributed by atoms with E-state index in [0.717, 1.165) is 12.8 Å². The van der Waals surface area contributed by atoms with Crippen LogP contribution in [0.4, 0.5) is 30.8 Å². The van der Waals surface area contributed by atoms with Crippen LogP contribution >= 0.6 is 0 Å². The maximum absolute atomic E-state index is 14.3. The molecule has 0 bridgehead atoms. The number of rotatable bonds is 6. The molecule has 3 heterocycles. The van der Waals surface area contributed by atoms with Gasteiger partial charge in [-0.25, -0.2) is 23.1 Å². The number of nitrogens with zero attached hydrogens (tertiary/aromatic N) is 4. The van der Waals surface area contributed by atoms with Crippen molar-refractivity contribution in [1.82, 2.24) is 19.5 Å². The monoisotopic (exact) mass is 475 g/mol. The van der Waals surface area contributed by atoms with E-state index in [2.05, 4.69) is 25.6 Å². The van der Waals surface area contributed by atoms with E-state index in [-0.39, 0.29) is 29.9 Å². The number of fused-ring (bicyclic) bond motifs is 1. The molecule has 1 atom stereocenters. The Bertz CT molecular complexity index is 1200. The van der Waals surface area contributed by atoms with Crippen LogP contribution in [0, 0.1) is 23.4 Å². The minimum Gasteiger partial charge on any atom is -0.379 e. The zero-order chi connectivity index (χ0) is 23.8. The Labute approximate surface area is 192 Å². The number of anilines is 3. The van der Waals surface area contributed by atoms with Crippen molar-refractivity contribution in [3.63, 3.8) is 0 Å². The van der Waals surface area contributed by atoms with Gasteiger partial charge in [0.15, 0.2) is 17.3 Å². The molecule has 9 nitrogen and oxygen atoms in total. The topological polar surface area (TPSA) is 120 Å². The average molecular weight is 475 g/mol. The van der Waals surface area contributed by atoms with Crippen LogP contribution in [-0.2, 0) is 9.53 Å². The molecule has 4 N–H and O–H groups in total. The third-order valence-electron chi connectivity index (χ3n) is 6.41. The fourth-order valence-corrected chi connectivity index (χ4v) is 4.60. The highest BCUT2D eigenvalue weighted by Gasteiger charge is 2.28. The highest BCUT2D eigenvalue weighted by atomic mass is 19.1. The molecule has 2 aliphatic rings. The Morgan fingerprint density at radius 1 is 1.09 bits per heavy atom. The van der Waals surface area contributed by atoms with Gasteiger partial charge >= 0.3 is 0 Å². The molecule has 3 aromatic rings. The van der Waals surface area contributed by atoms with E-state index in [4.69, 9.17) is 10.5 Å². The molecule has 1 aliphatic carbocycles. The summed E-state index contributed by atoms with van der Waals surface area (Å²) in [6.45, 7) is 0.917. The van der Waals surface area contributed by atoms with Crippen molar-refractivity contribution in [1.29, 1.82) is 0 Å². The summed E-state index contributed by atoms with van der Waals surface area (Å²) in [6.07, 6.45) is 5.14. The van der Waals surface area contributed by atoms with Gasteiger partial charge in [0.2, 0.25) is 17.8 Å². The molecule has 0 unspecified atom stereocenters. The number of halogens is 3. The maximum Gasteiger partial charge on any atom is 0.224 e. The summed E-state index contributed by atoms with van der Waals surface area (Å²) in [5.74, 6) is -2.98. The van der Waals surface area contributed by atoms with Crippen LogP contribution in [-0.4, -0.2) is 44.7 Å². The van der Waals surface area contributed by atoms with E-state index in [1.807, 2.05) is 0 Å². The van der Waals surface area contributed by atoms with Gasteiger partial charge in [0.25, 0.3) is 0 Å². The summed E-state index contributed by atoms with van der Waals surface area (Å²) >= 11 is 0. The van der Waals surface area contributed by atoms with E-state index in [1.165, 1.54) is 6.20 Å². The third kappa shape index (κ3) is 4.37. The quantitative estimate of drug-likeness (QED) is 0.500. The average Bonchev–Trinajstić information content (AvgIpc) is 3.43. The van der Waals surface area contributed by atoms with Crippen molar-refractivity contribution in [2.24, 2.45) is 11.7 Å². The van der Waals surface area contributed by atoms with Crippen LogP contribution in [0.1, 0.15) is 38.1 Å². The fraction of sp³-hybridized carbons (Fsp3) is 0.455. The standard InChI is InChI=1S/C22H24F3N7O2/c23-12-7-15(24)18(16(25)8-12)30-22-29-17-9-27-21(28-13-3-1-11(2-4-13)19(26)33)31-20(17)32(22)14-5-6-34-10-14/h7-9,11,13-14H,1-6,10H2,(H2,26,33)(H,29,30)(H,27,28,31)/t11?,13?,14-/m1/s1. The molecule has 0 radical (unpaired) electrons. The van der Waals surface area contributed by atoms with Crippen LogP contribution in [0.15, 0.2) is 18.3 Å². The van der Waals surface area contributed by atoms with Gasteiger partial charge in [-0.2, -0.15) is 4.98 Å². The number of hydrogen-bond donors (Lipinski definition) is 3. The largest absolute Gasteiger partial charge is 0.379 e. The second-order valence-electron chi connectivity index (χ2n) is 8.69. The van der Waals surface area contributed by atoms with Crippen LogP contribution in [0.5, 0.6) is 0 Å². The first kappa shape index (κ1) is 22.4. The predicted molar refractivity (Wildman–Crippen MR) is 118 cm³/mol. The summed E-state index contributed by atoms with van der Waals surface area (Å²) in [7, 11) is 0. The molecule has 1 saturated carbocycles. The van der Waals surface area contributed by atoms with E-state index < -0.39 is 23.1 Å². The zero-order valence-electron chi connectivity index (χ0n) is 18.2. The summed E-state index contributed by atoms with van der Waals surface area (Å²) in [5.41, 5.74) is 5.81. The Kier molecular flexibility index (Phi) is 5.98. The molecule has 1 aliphatic heterocycles. The number of nitrogens with two attached hydrogens (primary N) is 1. The molecule has 0 spiro atoms. The minimum atomic E-state index is -1.07. The van der Waals surface area contributed by atoms with Gasteiger partial charge in [-0.15, -0.1) is 0 Å². The normalized spacial score (nSPS) is 22.7. The lowest BCUT2D eigenvalue weighted by Gasteiger charge is -2.27. The molecule has 180 valence electrons. The van der Waals surface area contributed by atoms with Gasteiger partial charge < -0.3 is 21.1 Å². The minimum absolute atomic E-state index is 0.0965. The van der Waals surface area contributed by atoms with E-state index in [0.29, 0.717) is 61.7 Å². The van der Waals surface area contributed by atoms with Gasteiger partial charge in [0, 0.05) is 30.7 Å². The molecule has 5 rings (SSSR count). The lowest BCUT2D eigenvalue weighted by Crippen LogP contribution is -2.32. The predicted octanol–water partition coefficient (Wildman–Crippen LogP) is 3.40. The van der Waals surface area contributed by atoms with Crippen molar-refractivity contribution in [2.45, 2.75) is 44.2 Å². The lowest BCUT2D eigenvalue weighted by molar-refractivity contribution is -0.122. The van der Waals surface area contributed by atoms with E-state index in [1.54, 1.807) is 4.57 Å². The second kappa shape index (κ2) is 9.09. The fourth-order valence-electron chi connectivity index (χ4n) is 4.60. The summed E-state index contributed by atoms with van der Waals surface area (Å²) in [6, 6.07) is 1.14. The molecule has 1 saturated heterocycles. The maximum atomic E-state index is 14.3. The number of aromatic nitrogens is 4. The SMILES string of the molecule is NC(=O)C1CCC(Nc2ncc3nc(Nc4c(F)cc(F)cc4F)n([C@@H]4CCOC4)c3n2)CC1. The molecular formula is C22H24F3N7O2. The Morgan fingerprint density at radius 2 is 1.82 bits per heavy atom. The smallest absolute Gasteiger partial charge is 0.224 e. The number of primary amides is 1. The van der Waals surface area contributed by atoms with Crippen LogP contribution in [0.2, 0.25) is 0 Å². The number of benzene rings is 1. The first-order valence-electron chi connectivity index (χ1n) is 11.2. The van der Waals surface area contributed by atoms with Crippen LogP contribution in [0.3, 0.4) is 0 Å². The van der Waals surface area contributed by atoms with Crippen molar-refractivity contribution in [3.05, 3.63) is 35.8 Å². The molecule has 2 aromatic heterocycles. The summed E-state index contributed by atoms with van der Waals surface area (Å²) < 4.78 is 49.2. The van der Waals surface area contributed by atoms with Crippen molar-refractivity contribution in [2.75, 3.05) is 23.8 Å². The molecule has 1 aromatic carbocycles. The summed E-state index contributed by atoms with van der Waals surface area (Å²) in [4.78, 5) is 24.8. The third-order valence-corrected chi connectivity index (χ3v) is 6.41. The van der Waals surface area contributed by atoms with Crippen molar-refractivity contribution >= 4 is 34.7 Å². The highest BCUT2D eigenvalue weighted by Crippen LogP contribution is 2.32. The van der Waals surface area contributed by atoms with Gasteiger partial charge in [0.1, 0.15) is 17.0 Å². The van der Waals surface area contributed by atoms with Gasteiger partial charge in [-0.05, 0) is 32.1 Å². The van der Waals surface area contributed by atoms with Gasteiger partial charge in [-0.3, -0.25) is 9.36 Å². The first-order chi connectivity index (χ1) is 16.4. The first-order valence-corrected chi connectivity index (χ1v) is 11.2. The Hall–Kier alpha value is -3.41. The molecule has 34 heavy (non-hydrogen) atoms. The highest BCUT2D eigenvalue weighted by molar-refractivity contribution is 5.77. The number of ether oxygens (including phenoxy) is 1. The Balaban J connectivity index is 1.46. The van der Waals surface area contributed by atoms with Crippen molar-refractivity contribution in [3.8, 4) is 0 Å². The number of nitrogens with one attached hydrogen (secondary N) is 2. The number of carbonyl (C=O) groups excluding carboxylic acids is 1. The Morgan fingerprint density at radius 3 is 2.47 bits per heavy atom. The number of amides is 1. The zero-order valence-corrected chi connectivity index (χ0v) is 18.2.